The van der Waals surface area contributed by atoms with Gasteiger partial charge in [0.1, 0.15) is 11.6 Å². The van der Waals surface area contributed by atoms with Crippen LogP contribution in [-0.4, -0.2) is 16.0 Å². The summed E-state index contributed by atoms with van der Waals surface area (Å²) >= 11 is 3.35. The van der Waals surface area contributed by atoms with Crippen LogP contribution in [0.4, 0.5) is 0 Å². The number of amides is 1. The standard InChI is InChI=1S/C14H17BrN4O2/c1-8(12-18-9(2)19-21-12)17-13(20)14(3,16)10-4-6-11(15)7-5-10/h4-8H,16H2,1-3H3,(H,17,20). The average molecular weight is 353 g/mol. The predicted octanol–water partition coefficient (Wildman–Crippen LogP) is 2.19. The van der Waals surface area contributed by atoms with Crippen molar-refractivity contribution in [1.82, 2.24) is 15.5 Å². The van der Waals surface area contributed by atoms with E-state index in [1.54, 1.807) is 20.8 Å². The molecule has 0 bridgehead atoms. The Labute approximate surface area is 131 Å². The number of aryl methyl sites for hydroxylation is 1. The molecule has 112 valence electrons. The van der Waals surface area contributed by atoms with Crippen molar-refractivity contribution in [2.24, 2.45) is 5.73 Å². The van der Waals surface area contributed by atoms with Gasteiger partial charge in [-0.3, -0.25) is 4.79 Å². The summed E-state index contributed by atoms with van der Waals surface area (Å²) in [6, 6.07) is 6.91. The van der Waals surface area contributed by atoms with E-state index in [0.717, 1.165) is 10.0 Å². The van der Waals surface area contributed by atoms with Gasteiger partial charge in [-0.2, -0.15) is 4.98 Å². The van der Waals surface area contributed by atoms with Gasteiger partial charge in [-0.05, 0) is 38.5 Å². The zero-order chi connectivity index (χ0) is 15.6. The minimum absolute atomic E-state index is 0.312. The van der Waals surface area contributed by atoms with Crippen LogP contribution in [0.15, 0.2) is 33.3 Å². The molecule has 3 N–H and O–H groups in total. The van der Waals surface area contributed by atoms with Gasteiger partial charge < -0.3 is 15.6 Å². The maximum Gasteiger partial charge on any atom is 0.248 e. The van der Waals surface area contributed by atoms with Crippen molar-refractivity contribution in [1.29, 1.82) is 0 Å². The van der Waals surface area contributed by atoms with Gasteiger partial charge in [0.2, 0.25) is 11.8 Å². The predicted molar refractivity (Wildman–Crippen MR) is 81.3 cm³/mol. The van der Waals surface area contributed by atoms with Crippen molar-refractivity contribution in [3.05, 3.63) is 46.0 Å². The van der Waals surface area contributed by atoms with Crippen molar-refractivity contribution in [3.63, 3.8) is 0 Å². The topological polar surface area (TPSA) is 94.0 Å². The Morgan fingerprint density at radius 3 is 2.57 bits per heavy atom. The van der Waals surface area contributed by atoms with E-state index in [2.05, 4.69) is 31.4 Å². The lowest BCUT2D eigenvalue weighted by atomic mass is 9.92. The number of aromatic nitrogens is 2. The van der Waals surface area contributed by atoms with Crippen LogP contribution in [0.5, 0.6) is 0 Å². The molecular formula is C14H17BrN4O2. The number of benzene rings is 1. The lowest BCUT2D eigenvalue weighted by molar-refractivity contribution is -0.127. The summed E-state index contributed by atoms with van der Waals surface area (Å²) in [5.41, 5.74) is 5.74. The summed E-state index contributed by atoms with van der Waals surface area (Å²) in [6.45, 7) is 5.15. The van der Waals surface area contributed by atoms with Gasteiger partial charge in [0.25, 0.3) is 0 Å². The highest BCUT2D eigenvalue weighted by atomic mass is 79.9. The number of nitrogens with two attached hydrogens (primary N) is 1. The first-order valence-corrected chi connectivity index (χ1v) is 7.26. The maximum atomic E-state index is 12.4. The molecule has 0 fully saturated rings. The molecule has 7 heteroatoms. The maximum absolute atomic E-state index is 12.4. The number of rotatable bonds is 4. The molecule has 2 aromatic rings. The molecule has 0 aliphatic rings. The van der Waals surface area contributed by atoms with Crippen LogP contribution >= 0.6 is 15.9 Å². The van der Waals surface area contributed by atoms with E-state index in [1.165, 1.54) is 0 Å². The van der Waals surface area contributed by atoms with Crippen LogP contribution in [0, 0.1) is 6.92 Å². The number of carbonyl (C=O) groups is 1. The van der Waals surface area contributed by atoms with E-state index in [4.69, 9.17) is 10.3 Å². The number of nitrogens with zero attached hydrogens (tertiary/aromatic N) is 2. The zero-order valence-electron chi connectivity index (χ0n) is 12.1. The van der Waals surface area contributed by atoms with Crippen molar-refractivity contribution in [2.45, 2.75) is 32.4 Å². The first kappa shape index (κ1) is 15.7. The molecule has 0 radical (unpaired) electrons. The second kappa shape index (κ2) is 5.95. The van der Waals surface area contributed by atoms with E-state index in [9.17, 15) is 4.79 Å². The molecule has 0 saturated heterocycles. The number of carbonyl (C=O) groups excluding carboxylic acids is 1. The quantitative estimate of drug-likeness (QED) is 0.879. The Kier molecular flexibility index (Phi) is 4.43. The molecule has 0 saturated carbocycles. The van der Waals surface area contributed by atoms with E-state index < -0.39 is 11.6 Å². The second-order valence-electron chi connectivity index (χ2n) is 5.08. The second-order valence-corrected chi connectivity index (χ2v) is 6.00. The molecule has 1 heterocycles. The first-order chi connectivity index (χ1) is 9.80. The Balaban J connectivity index is 2.13. The fourth-order valence-corrected chi connectivity index (χ4v) is 2.09. The highest BCUT2D eigenvalue weighted by Crippen LogP contribution is 2.22. The number of hydrogen-bond acceptors (Lipinski definition) is 5. The largest absolute Gasteiger partial charge is 0.343 e. The summed E-state index contributed by atoms with van der Waals surface area (Å²) in [7, 11) is 0. The van der Waals surface area contributed by atoms with Gasteiger partial charge in [0, 0.05) is 4.47 Å². The minimum Gasteiger partial charge on any atom is -0.343 e. The monoisotopic (exact) mass is 352 g/mol. The third-order valence-corrected chi connectivity index (χ3v) is 3.71. The average Bonchev–Trinajstić information content (AvgIpc) is 2.86. The third kappa shape index (κ3) is 3.48. The summed E-state index contributed by atoms with van der Waals surface area (Å²) in [6.07, 6.45) is 0. The summed E-state index contributed by atoms with van der Waals surface area (Å²) < 4.78 is 5.97. The van der Waals surface area contributed by atoms with Gasteiger partial charge in [-0.1, -0.05) is 33.2 Å². The number of hydrogen-bond donors (Lipinski definition) is 2. The molecule has 21 heavy (non-hydrogen) atoms. The molecule has 0 aliphatic carbocycles. The molecule has 1 aromatic carbocycles. The fraction of sp³-hybridized carbons (Fsp3) is 0.357. The Hall–Kier alpha value is -1.73. The van der Waals surface area contributed by atoms with Gasteiger partial charge in [0.15, 0.2) is 5.82 Å². The molecule has 0 aliphatic heterocycles. The van der Waals surface area contributed by atoms with Crippen molar-refractivity contribution in [2.75, 3.05) is 0 Å². The molecule has 2 rings (SSSR count). The molecule has 1 aromatic heterocycles. The third-order valence-electron chi connectivity index (χ3n) is 3.18. The Bertz CT molecular complexity index is 637. The van der Waals surface area contributed by atoms with E-state index in [-0.39, 0.29) is 5.91 Å². The van der Waals surface area contributed by atoms with Crippen LogP contribution in [0.3, 0.4) is 0 Å². The van der Waals surface area contributed by atoms with E-state index in [1.807, 2.05) is 24.3 Å². The van der Waals surface area contributed by atoms with Crippen molar-refractivity contribution < 1.29 is 9.32 Å². The smallest absolute Gasteiger partial charge is 0.248 e. The van der Waals surface area contributed by atoms with E-state index in [0.29, 0.717) is 11.7 Å². The van der Waals surface area contributed by atoms with Crippen LogP contribution in [0.1, 0.15) is 37.2 Å². The summed E-state index contributed by atoms with van der Waals surface area (Å²) in [5.74, 6) is 0.565. The van der Waals surface area contributed by atoms with Crippen LogP contribution in [0.25, 0.3) is 0 Å². The SMILES string of the molecule is Cc1noc(C(C)NC(=O)C(C)(N)c2ccc(Br)cc2)n1. The normalized spacial score (nSPS) is 15.3. The summed E-state index contributed by atoms with van der Waals surface area (Å²) in [5, 5.41) is 6.49. The Morgan fingerprint density at radius 1 is 1.43 bits per heavy atom. The lowest BCUT2D eigenvalue weighted by Crippen LogP contribution is -2.49. The zero-order valence-corrected chi connectivity index (χ0v) is 13.6. The minimum atomic E-state index is -1.15. The molecular weight excluding hydrogens is 336 g/mol. The summed E-state index contributed by atoms with van der Waals surface area (Å²) in [4.78, 5) is 16.5. The molecule has 0 spiro atoms. The van der Waals surface area contributed by atoms with Crippen molar-refractivity contribution in [3.8, 4) is 0 Å². The van der Waals surface area contributed by atoms with Gasteiger partial charge in [-0.15, -0.1) is 0 Å². The highest BCUT2D eigenvalue weighted by Gasteiger charge is 2.32. The number of nitrogens with one attached hydrogen (secondary N) is 1. The van der Waals surface area contributed by atoms with Crippen LogP contribution in [-0.2, 0) is 10.3 Å². The molecule has 2 unspecified atom stereocenters. The first-order valence-electron chi connectivity index (χ1n) is 6.47. The highest BCUT2D eigenvalue weighted by molar-refractivity contribution is 9.10. The van der Waals surface area contributed by atoms with Crippen LogP contribution < -0.4 is 11.1 Å². The lowest BCUT2D eigenvalue weighted by Gasteiger charge is -2.25. The fourth-order valence-electron chi connectivity index (χ4n) is 1.82. The molecule has 6 nitrogen and oxygen atoms in total. The van der Waals surface area contributed by atoms with Crippen molar-refractivity contribution >= 4 is 21.8 Å². The van der Waals surface area contributed by atoms with Crippen LogP contribution in [0.2, 0.25) is 0 Å². The molecule has 1 amide bonds. The van der Waals surface area contributed by atoms with Gasteiger partial charge in [-0.25, -0.2) is 0 Å². The van der Waals surface area contributed by atoms with Gasteiger partial charge in [0.05, 0.1) is 0 Å². The Morgan fingerprint density at radius 2 is 2.05 bits per heavy atom. The van der Waals surface area contributed by atoms with Gasteiger partial charge >= 0.3 is 0 Å². The van der Waals surface area contributed by atoms with E-state index >= 15 is 0 Å². The number of halogens is 1. The molecule has 2 atom stereocenters.